The standard InChI is InChI=1S/C23H29N3O.C9H9N3O/c1-27-23-12-5-4-11-22(23)26-16-14-25(15-17-26)13-7-6-8-19-18-24-21-10-3-2-9-20(19)21;10-9(13)12-7-1-2-8-6(5-7)3-4-11-8/h2-5,9-12,18,24H,6-8,13-17H2,1H3;1-5,11H,(H3,10,12,13). The first-order valence-electron chi connectivity index (χ1n) is 13.9. The van der Waals surface area contributed by atoms with Gasteiger partial charge in [-0.05, 0) is 73.8 Å². The van der Waals surface area contributed by atoms with Crippen molar-refractivity contribution >= 4 is 39.2 Å². The molecule has 6 rings (SSSR count). The largest absolute Gasteiger partial charge is 0.495 e. The zero-order chi connectivity index (χ0) is 27.7. The van der Waals surface area contributed by atoms with Gasteiger partial charge in [0.05, 0.1) is 12.8 Å². The number of carbonyl (C=O) groups is 1. The number of anilines is 2. The Hall–Kier alpha value is -4.43. The number of amides is 2. The lowest BCUT2D eigenvalue weighted by Gasteiger charge is -2.36. The van der Waals surface area contributed by atoms with Gasteiger partial charge < -0.3 is 30.7 Å². The van der Waals surface area contributed by atoms with Gasteiger partial charge in [-0.15, -0.1) is 0 Å². The van der Waals surface area contributed by atoms with E-state index in [0.717, 1.165) is 49.3 Å². The summed E-state index contributed by atoms with van der Waals surface area (Å²) in [4.78, 5) is 22.0. The van der Waals surface area contributed by atoms with Crippen molar-refractivity contribution in [3.63, 3.8) is 0 Å². The molecule has 0 spiro atoms. The second kappa shape index (κ2) is 13.1. The Morgan fingerprint density at radius 2 is 1.73 bits per heavy atom. The molecule has 1 aliphatic heterocycles. The van der Waals surface area contributed by atoms with E-state index in [1.165, 1.54) is 41.5 Å². The normalized spacial score (nSPS) is 13.7. The molecule has 208 valence electrons. The number of unbranched alkanes of at least 4 members (excludes halogenated alkanes) is 1. The molecule has 0 unspecified atom stereocenters. The highest BCUT2D eigenvalue weighted by molar-refractivity contribution is 5.91. The topological polar surface area (TPSA) is 102 Å². The minimum atomic E-state index is -0.546. The third kappa shape index (κ3) is 6.76. The summed E-state index contributed by atoms with van der Waals surface area (Å²) < 4.78 is 5.51. The predicted molar refractivity (Wildman–Crippen MR) is 164 cm³/mol. The van der Waals surface area contributed by atoms with Crippen LogP contribution < -0.4 is 20.7 Å². The van der Waals surface area contributed by atoms with Gasteiger partial charge in [0.25, 0.3) is 0 Å². The van der Waals surface area contributed by atoms with E-state index in [0.29, 0.717) is 5.69 Å². The van der Waals surface area contributed by atoms with E-state index in [-0.39, 0.29) is 0 Å². The minimum absolute atomic E-state index is 0.546. The molecule has 1 saturated heterocycles. The molecule has 0 aliphatic carbocycles. The van der Waals surface area contributed by atoms with E-state index in [1.807, 2.05) is 36.5 Å². The van der Waals surface area contributed by atoms with Gasteiger partial charge in [0.15, 0.2) is 0 Å². The van der Waals surface area contributed by atoms with E-state index < -0.39 is 6.03 Å². The van der Waals surface area contributed by atoms with Crippen molar-refractivity contribution in [2.45, 2.75) is 19.3 Å². The summed E-state index contributed by atoms with van der Waals surface area (Å²) >= 11 is 0. The number of nitrogens with two attached hydrogens (primary N) is 1. The molecule has 8 heteroatoms. The Morgan fingerprint density at radius 1 is 0.925 bits per heavy atom. The van der Waals surface area contributed by atoms with Crippen molar-refractivity contribution in [1.82, 2.24) is 14.9 Å². The quantitative estimate of drug-likeness (QED) is 0.183. The molecule has 0 saturated carbocycles. The number of urea groups is 1. The Kier molecular flexibility index (Phi) is 8.88. The average Bonchev–Trinajstić information content (AvgIpc) is 3.62. The second-order valence-electron chi connectivity index (χ2n) is 10.1. The van der Waals surface area contributed by atoms with Gasteiger partial charge in [-0.2, -0.15) is 0 Å². The van der Waals surface area contributed by atoms with Crippen molar-refractivity contribution in [1.29, 1.82) is 0 Å². The summed E-state index contributed by atoms with van der Waals surface area (Å²) in [6.07, 6.45) is 7.68. The molecule has 1 fully saturated rings. The molecule has 0 atom stereocenters. The van der Waals surface area contributed by atoms with Crippen molar-refractivity contribution in [3.05, 3.63) is 90.8 Å². The van der Waals surface area contributed by atoms with Gasteiger partial charge in [0, 0.05) is 66.1 Å². The SMILES string of the molecule is COc1ccccc1N1CCN(CCCCc2c[nH]c3ccccc23)CC1.NC(=O)Nc1ccc2[nH]ccc2c1. The van der Waals surface area contributed by atoms with E-state index >= 15 is 0 Å². The molecule has 3 aromatic carbocycles. The lowest BCUT2D eigenvalue weighted by molar-refractivity contribution is 0.252. The minimum Gasteiger partial charge on any atom is -0.495 e. The summed E-state index contributed by atoms with van der Waals surface area (Å²) in [5, 5.41) is 4.94. The number of nitrogens with one attached hydrogen (secondary N) is 3. The van der Waals surface area contributed by atoms with Crippen LogP contribution in [0.3, 0.4) is 0 Å². The molecule has 5 aromatic rings. The maximum Gasteiger partial charge on any atom is 0.316 e. The van der Waals surface area contributed by atoms with Gasteiger partial charge in [-0.25, -0.2) is 4.79 Å². The number of aromatic amines is 2. The number of methoxy groups -OCH3 is 1. The Labute approximate surface area is 235 Å². The fraction of sp³-hybridized carbons (Fsp3) is 0.281. The highest BCUT2D eigenvalue weighted by atomic mass is 16.5. The number of piperazine rings is 1. The maximum atomic E-state index is 10.5. The number of para-hydroxylation sites is 3. The van der Waals surface area contributed by atoms with Crippen LogP contribution in [-0.4, -0.2) is 60.7 Å². The number of ether oxygens (including phenoxy) is 1. The highest BCUT2D eigenvalue weighted by Crippen LogP contribution is 2.28. The van der Waals surface area contributed by atoms with Gasteiger partial charge in [-0.3, -0.25) is 4.90 Å². The third-order valence-corrected chi connectivity index (χ3v) is 7.46. The van der Waals surface area contributed by atoms with Crippen molar-refractivity contribution in [3.8, 4) is 5.75 Å². The van der Waals surface area contributed by atoms with Crippen LogP contribution in [0.1, 0.15) is 18.4 Å². The van der Waals surface area contributed by atoms with E-state index in [9.17, 15) is 4.79 Å². The fourth-order valence-corrected chi connectivity index (χ4v) is 5.37. The fourth-order valence-electron chi connectivity index (χ4n) is 5.37. The Bertz CT molecular complexity index is 1530. The molecular formula is C32H38N6O2. The molecule has 5 N–H and O–H groups in total. The molecule has 3 heterocycles. The van der Waals surface area contributed by atoms with Crippen LogP contribution in [0, 0.1) is 0 Å². The molecule has 0 bridgehead atoms. The lowest BCUT2D eigenvalue weighted by Crippen LogP contribution is -2.46. The van der Waals surface area contributed by atoms with E-state index in [1.54, 1.807) is 13.2 Å². The van der Waals surface area contributed by atoms with Gasteiger partial charge in [0.2, 0.25) is 0 Å². The van der Waals surface area contributed by atoms with Crippen LogP contribution in [0.25, 0.3) is 21.8 Å². The summed E-state index contributed by atoms with van der Waals surface area (Å²) in [5.41, 5.74) is 10.7. The smallest absolute Gasteiger partial charge is 0.316 e. The van der Waals surface area contributed by atoms with Crippen molar-refractivity contribution in [2.24, 2.45) is 5.73 Å². The molecule has 1 aliphatic rings. The number of hydrogen-bond acceptors (Lipinski definition) is 4. The number of rotatable bonds is 8. The van der Waals surface area contributed by atoms with Crippen LogP contribution in [0.15, 0.2) is 85.2 Å². The van der Waals surface area contributed by atoms with E-state index in [2.05, 4.69) is 67.7 Å². The molecule has 8 nitrogen and oxygen atoms in total. The Balaban J connectivity index is 0.000000207. The van der Waals surface area contributed by atoms with Gasteiger partial charge >= 0.3 is 6.03 Å². The summed E-state index contributed by atoms with van der Waals surface area (Å²) in [6, 6.07) is 23.9. The number of primary amides is 1. The molecular weight excluding hydrogens is 500 g/mol. The summed E-state index contributed by atoms with van der Waals surface area (Å²) in [7, 11) is 1.75. The first-order valence-corrected chi connectivity index (χ1v) is 13.9. The van der Waals surface area contributed by atoms with Gasteiger partial charge in [-0.1, -0.05) is 30.3 Å². The summed E-state index contributed by atoms with van der Waals surface area (Å²) in [5.74, 6) is 0.977. The molecule has 0 radical (unpaired) electrons. The highest BCUT2D eigenvalue weighted by Gasteiger charge is 2.19. The molecule has 2 aromatic heterocycles. The Morgan fingerprint density at radius 3 is 2.55 bits per heavy atom. The zero-order valence-electron chi connectivity index (χ0n) is 23.0. The lowest BCUT2D eigenvalue weighted by atomic mass is 10.1. The third-order valence-electron chi connectivity index (χ3n) is 7.46. The van der Waals surface area contributed by atoms with Crippen molar-refractivity contribution < 1.29 is 9.53 Å². The van der Waals surface area contributed by atoms with Crippen molar-refractivity contribution in [2.75, 3.05) is 50.1 Å². The number of benzene rings is 3. The van der Waals surface area contributed by atoms with Crippen LogP contribution in [0.5, 0.6) is 5.75 Å². The number of carbonyl (C=O) groups excluding carboxylic acids is 1. The van der Waals surface area contributed by atoms with E-state index in [4.69, 9.17) is 10.5 Å². The number of fused-ring (bicyclic) bond motifs is 2. The first kappa shape index (κ1) is 27.1. The number of H-pyrrole nitrogens is 2. The first-order chi connectivity index (χ1) is 19.6. The van der Waals surface area contributed by atoms with Crippen LogP contribution >= 0.6 is 0 Å². The number of nitrogens with zero attached hydrogens (tertiary/aromatic N) is 2. The number of hydrogen-bond donors (Lipinski definition) is 4. The van der Waals surface area contributed by atoms with Gasteiger partial charge in [0.1, 0.15) is 5.75 Å². The zero-order valence-corrected chi connectivity index (χ0v) is 23.0. The molecule has 2 amide bonds. The van der Waals surface area contributed by atoms with Crippen LogP contribution in [0.2, 0.25) is 0 Å². The average molecular weight is 539 g/mol. The predicted octanol–water partition coefficient (Wildman–Crippen LogP) is 5.98. The maximum absolute atomic E-state index is 10.5. The van der Waals surface area contributed by atoms with Crippen LogP contribution in [0.4, 0.5) is 16.2 Å². The number of aryl methyl sites for hydroxylation is 1. The number of aromatic nitrogens is 2. The monoisotopic (exact) mass is 538 g/mol. The summed E-state index contributed by atoms with van der Waals surface area (Å²) in [6.45, 7) is 5.60. The second-order valence-corrected chi connectivity index (χ2v) is 10.1. The van der Waals surface area contributed by atoms with Crippen LogP contribution in [-0.2, 0) is 6.42 Å². The molecule has 40 heavy (non-hydrogen) atoms.